The van der Waals surface area contributed by atoms with Crippen molar-refractivity contribution in [3.8, 4) is 16.9 Å². The van der Waals surface area contributed by atoms with Gasteiger partial charge in [0.05, 0.1) is 0 Å². The van der Waals surface area contributed by atoms with Crippen molar-refractivity contribution in [1.29, 1.82) is 0 Å². The van der Waals surface area contributed by atoms with Crippen molar-refractivity contribution in [3.05, 3.63) is 40.6 Å². The summed E-state index contributed by atoms with van der Waals surface area (Å²) in [5, 5.41) is 20.1. The van der Waals surface area contributed by atoms with Crippen molar-refractivity contribution >= 4 is 17.3 Å². The van der Waals surface area contributed by atoms with Crippen LogP contribution < -0.4 is 0 Å². The van der Waals surface area contributed by atoms with Gasteiger partial charge in [0, 0.05) is 5.56 Å². The molecule has 0 aliphatic carbocycles. The van der Waals surface area contributed by atoms with Crippen molar-refractivity contribution in [1.82, 2.24) is 0 Å². The number of hydrogen-bond donors (Lipinski definition) is 2. The van der Waals surface area contributed by atoms with Crippen molar-refractivity contribution in [2.75, 3.05) is 0 Å². The molecule has 76 valence electrons. The molecule has 0 atom stereocenters. The van der Waals surface area contributed by atoms with Gasteiger partial charge in [-0.05, 0) is 23.1 Å². The Labute approximate surface area is 90.2 Å². The van der Waals surface area contributed by atoms with E-state index in [0.29, 0.717) is 5.56 Å². The average Bonchev–Trinajstić information content (AvgIpc) is 2.67. The number of benzene rings is 1. The van der Waals surface area contributed by atoms with E-state index in [9.17, 15) is 9.90 Å². The predicted octanol–water partition coefficient (Wildman–Crippen LogP) is 2.82. The first-order valence-electron chi connectivity index (χ1n) is 4.28. The van der Waals surface area contributed by atoms with Gasteiger partial charge < -0.3 is 10.2 Å². The maximum Gasteiger partial charge on any atom is 0.345 e. The number of aromatic hydroxyl groups is 1. The molecule has 0 fully saturated rings. The number of carbonyl (C=O) groups is 1. The Balaban J connectivity index is 2.46. The molecule has 1 aromatic carbocycles. The summed E-state index contributed by atoms with van der Waals surface area (Å²) >= 11 is 1.15. The second-order valence-corrected chi connectivity index (χ2v) is 3.93. The van der Waals surface area contributed by atoms with E-state index < -0.39 is 5.97 Å². The molecular weight excluding hydrogens is 212 g/mol. The van der Waals surface area contributed by atoms with Crippen molar-refractivity contribution < 1.29 is 15.0 Å². The highest BCUT2D eigenvalue weighted by Crippen LogP contribution is 2.31. The molecule has 2 N–H and O–H groups in total. The number of phenolic OH excluding ortho intramolecular Hbond substituents is 1. The zero-order valence-electron chi connectivity index (χ0n) is 7.68. The van der Waals surface area contributed by atoms with Gasteiger partial charge in [0.25, 0.3) is 0 Å². The minimum atomic E-state index is -0.943. The molecular formula is C11H8O3S. The lowest BCUT2D eigenvalue weighted by molar-refractivity contribution is 0.0702. The summed E-state index contributed by atoms with van der Waals surface area (Å²) in [6, 6.07) is 8.41. The summed E-state index contributed by atoms with van der Waals surface area (Å²) < 4.78 is 0. The van der Waals surface area contributed by atoms with Crippen molar-refractivity contribution in [3.63, 3.8) is 0 Å². The molecule has 3 nitrogen and oxygen atoms in total. The Morgan fingerprint density at radius 3 is 2.60 bits per heavy atom. The van der Waals surface area contributed by atoms with Crippen molar-refractivity contribution in [2.24, 2.45) is 0 Å². The topological polar surface area (TPSA) is 57.5 Å². The molecule has 0 aliphatic heterocycles. The Morgan fingerprint density at radius 1 is 1.27 bits per heavy atom. The first-order valence-corrected chi connectivity index (χ1v) is 5.16. The summed E-state index contributed by atoms with van der Waals surface area (Å²) in [4.78, 5) is 10.9. The van der Waals surface area contributed by atoms with Gasteiger partial charge in [0.2, 0.25) is 0 Å². The number of aromatic carboxylic acids is 1. The first-order chi connectivity index (χ1) is 7.18. The maximum absolute atomic E-state index is 10.7. The average molecular weight is 220 g/mol. The minimum Gasteiger partial charge on any atom is -0.507 e. The van der Waals surface area contributed by atoms with Crippen LogP contribution in [-0.4, -0.2) is 16.2 Å². The predicted molar refractivity (Wildman–Crippen MR) is 58.4 cm³/mol. The SMILES string of the molecule is O=C(O)c1cc(-c2ccccc2O)cs1. The van der Waals surface area contributed by atoms with Crippen LogP contribution in [0.5, 0.6) is 5.75 Å². The van der Waals surface area contributed by atoms with Crippen LogP contribution in [0.15, 0.2) is 35.7 Å². The quantitative estimate of drug-likeness (QED) is 0.818. The van der Waals surface area contributed by atoms with Gasteiger partial charge >= 0.3 is 5.97 Å². The number of hydrogen-bond acceptors (Lipinski definition) is 3. The lowest BCUT2D eigenvalue weighted by atomic mass is 10.1. The van der Waals surface area contributed by atoms with Crippen LogP contribution in [0, 0.1) is 0 Å². The van der Waals surface area contributed by atoms with E-state index in [2.05, 4.69) is 0 Å². The van der Waals surface area contributed by atoms with E-state index >= 15 is 0 Å². The van der Waals surface area contributed by atoms with Gasteiger partial charge in [-0.2, -0.15) is 0 Å². The fraction of sp³-hybridized carbons (Fsp3) is 0. The molecule has 15 heavy (non-hydrogen) atoms. The van der Waals surface area contributed by atoms with Crippen LogP contribution in [0.1, 0.15) is 9.67 Å². The Kier molecular flexibility index (Phi) is 2.43. The zero-order valence-corrected chi connectivity index (χ0v) is 8.49. The Morgan fingerprint density at radius 2 is 2.00 bits per heavy atom. The molecule has 0 saturated carbocycles. The van der Waals surface area contributed by atoms with E-state index in [-0.39, 0.29) is 10.6 Å². The van der Waals surface area contributed by atoms with E-state index in [1.807, 2.05) is 0 Å². The number of phenols is 1. The van der Waals surface area contributed by atoms with Gasteiger partial charge in [0.1, 0.15) is 10.6 Å². The zero-order chi connectivity index (χ0) is 10.8. The van der Waals surface area contributed by atoms with Crippen LogP contribution in [0.4, 0.5) is 0 Å². The molecule has 0 radical (unpaired) electrons. The highest BCUT2D eigenvalue weighted by Gasteiger charge is 2.10. The van der Waals surface area contributed by atoms with Crippen LogP contribution in [0.2, 0.25) is 0 Å². The third-order valence-corrected chi connectivity index (χ3v) is 2.94. The first kappa shape index (κ1) is 9.73. The van der Waals surface area contributed by atoms with Crippen LogP contribution in [0.3, 0.4) is 0 Å². The maximum atomic E-state index is 10.7. The van der Waals surface area contributed by atoms with Gasteiger partial charge in [-0.25, -0.2) is 4.79 Å². The van der Waals surface area contributed by atoms with E-state index in [1.54, 1.807) is 35.7 Å². The molecule has 0 saturated heterocycles. The fourth-order valence-electron chi connectivity index (χ4n) is 1.31. The van der Waals surface area contributed by atoms with E-state index in [0.717, 1.165) is 16.9 Å². The summed E-state index contributed by atoms with van der Waals surface area (Å²) in [6.07, 6.45) is 0. The largest absolute Gasteiger partial charge is 0.507 e. The van der Waals surface area contributed by atoms with Gasteiger partial charge in [0.15, 0.2) is 0 Å². The normalized spacial score (nSPS) is 10.1. The third-order valence-electron chi connectivity index (χ3n) is 2.03. The molecule has 4 heteroatoms. The molecule has 2 aromatic rings. The number of rotatable bonds is 2. The summed E-state index contributed by atoms with van der Waals surface area (Å²) in [6.45, 7) is 0. The summed E-state index contributed by atoms with van der Waals surface area (Å²) in [5.74, 6) is -0.783. The molecule has 0 bridgehead atoms. The summed E-state index contributed by atoms with van der Waals surface area (Å²) in [5.41, 5.74) is 1.39. The number of thiophene rings is 1. The fourth-order valence-corrected chi connectivity index (χ4v) is 2.05. The smallest absolute Gasteiger partial charge is 0.345 e. The number of para-hydroxylation sites is 1. The third kappa shape index (κ3) is 1.85. The highest BCUT2D eigenvalue weighted by molar-refractivity contribution is 7.12. The van der Waals surface area contributed by atoms with Crippen LogP contribution >= 0.6 is 11.3 Å². The molecule has 0 aliphatic rings. The summed E-state index contributed by atoms with van der Waals surface area (Å²) in [7, 11) is 0. The van der Waals surface area contributed by atoms with Gasteiger partial charge in [-0.1, -0.05) is 18.2 Å². The van der Waals surface area contributed by atoms with E-state index in [4.69, 9.17) is 5.11 Å². The molecule has 0 unspecified atom stereocenters. The van der Waals surface area contributed by atoms with Crippen LogP contribution in [-0.2, 0) is 0 Å². The van der Waals surface area contributed by atoms with Crippen molar-refractivity contribution in [2.45, 2.75) is 0 Å². The second-order valence-electron chi connectivity index (χ2n) is 3.02. The minimum absolute atomic E-state index is 0.159. The van der Waals surface area contributed by atoms with Gasteiger partial charge in [-0.3, -0.25) is 0 Å². The molecule has 2 rings (SSSR count). The van der Waals surface area contributed by atoms with Crippen LogP contribution in [0.25, 0.3) is 11.1 Å². The Bertz CT molecular complexity index is 502. The number of carboxylic acid groups (broad SMARTS) is 1. The van der Waals surface area contributed by atoms with E-state index in [1.165, 1.54) is 0 Å². The monoisotopic (exact) mass is 220 g/mol. The molecule has 0 amide bonds. The highest BCUT2D eigenvalue weighted by atomic mass is 32.1. The lowest BCUT2D eigenvalue weighted by Crippen LogP contribution is -1.89. The Hall–Kier alpha value is -1.81. The second kappa shape index (κ2) is 3.74. The molecule has 1 heterocycles. The molecule has 0 spiro atoms. The molecule has 1 aromatic heterocycles. The lowest BCUT2D eigenvalue weighted by Gasteiger charge is -1.99. The standard InChI is InChI=1S/C11H8O3S/c12-9-4-2-1-3-8(9)7-5-10(11(13)14)15-6-7/h1-6,12H,(H,13,14). The number of carboxylic acids is 1. The van der Waals surface area contributed by atoms with Gasteiger partial charge in [-0.15, -0.1) is 11.3 Å².